The van der Waals surface area contributed by atoms with Gasteiger partial charge in [0.2, 0.25) is 5.78 Å². The Labute approximate surface area is 174 Å². The lowest BCUT2D eigenvalue weighted by Crippen LogP contribution is -2.47. The van der Waals surface area contributed by atoms with Gasteiger partial charge in [0.15, 0.2) is 11.4 Å². The second kappa shape index (κ2) is 9.76. The van der Waals surface area contributed by atoms with Crippen LogP contribution in [0, 0.1) is 5.92 Å². The number of ketones is 2. The minimum atomic E-state index is -1.38. The van der Waals surface area contributed by atoms with Crippen molar-refractivity contribution in [1.29, 1.82) is 0 Å². The van der Waals surface area contributed by atoms with Crippen LogP contribution in [0.2, 0.25) is 0 Å². The third-order valence-electron chi connectivity index (χ3n) is 4.74. The van der Waals surface area contributed by atoms with Crippen molar-refractivity contribution in [3.8, 4) is 0 Å². The van der Waals surface area contributed by atoms with Crippen LogP contribution in [0.25, 0.3) is 0 Å². The number of ether oxygens (including phenoxy) is 2. The van der Waals surface area contributed by atoms with Crippen molar-refractivity contribution < 1.29 is 23.9 Å². The summed E-state index contributed by atoms with van der Waals surface area (Å²) in [6.07, 6.45) is 4.76. The van der Waals surface area contributed by atoms with E-state index in [-0.39, 0.29) is 23.7 Å². The summed E-state index contributed by atoms with van der Waals surface area (Å²) in [5.41, 5.74) is -0.256. The summed E-state index contributed by atoms with van der Waals surface area (Å²) >= 11 is 2.73. The first-order valence-electron chi connectivity index (χ1n) is 9.04. The number of hydrogen-bond acceptors (Lipinski definition) is 7. The smallest absolute Gasteiger partial charge is 0.331 e. The maximum atomic E-state index is 13.7. The zero-order valence-electron chi connectivity index (χ0n) is 16.9. The highest BCUT2D eigenvalue weighted by molar-refractivity contribution is 8.21. The summed E-state index contributed by atoms with van der Waals surface area (Å²) in [6.45, 7) is 3.76. The molecule has 1 aromatic carbocycles. The summed E-state index contributed by atoms with van der Waals surface area (Å²) in [5.74, 6) is -0.906. The third-order valence-corrected chi connectivity index (χ3v) is 6.89. The molecule has 2 rings (SSSR count). The quantitative estimate of drug-likeness (QED) is 0.353. The molecule has 0 saturated carbocycles. The third kappa shape index (κ3) is 4.36. The number of carbonyl (C=O) groups excluding carboxylic acids is 3. The predicted octanol–water partition coefficient (Wildman–Crippen LogP) is 4.21. The lowest BCUT2D eigenvalue weighted by Gasteiger charge is -2.38. The molecule has 0 aliphatic heterocycles. The van der Waals surface area contributed by atoms with Crippen LogP contribution in [0.4, 0.5) is 0 Å². The van der Waals surface area contributed by atoms with E-state index in [0.717, 1.165) is 0 Å². The number of methoxy groups -OCH3 is 1. The molecule has 1 aliphatic carbocycles. The zero-order chi connectivity index (χ0) is 20.9. The number of esters is 1. The van der Waals surface area contributed by atoms with Crippen LogP contribution in [-0.4, -0.2) is 43.8 Å². The Morgan fingerprint density at radius 2 is 1.79 bits per heavy atom. The molecule has 0 saturated heterocycles. The van der Waals surface area contributed by atoms with E-state index < -0.39 is 11.6 Å². The summed E-state index contributed by atoms with van der Waals surface area (Å²) in [7, 11) is 1.28. The average molecular weight is 423 g/mol. The van der Waals surface area contributed by atoms with Gasteiger partial charge in [0, 0.05) is 11.1 Å². The molecule has 0 aromatic heterocycles. The number of rotatable bonds is 8. The Bertz CT molecular complexity index is 794. The molecule has 1 aliphatic rings. The maximum Gasteiger partial charge on any atom is 0.331 e. The molecule has 28 heavy (non-hydrogen) atoms. The molecule has 0 N–H and O–H groups in total. The largest absolute Gasteiger partial charge is 0.467 e. The van der Waals surface area contributed by atoms with E-state index in [1.54, 1.807) is 24.3 Å². The highest BCUT2D eigenvalue weighted by Crippen LogP contribution is 2.45. The highest BCUT2D eigenvalue weighted by atomic mass is 32.2. The van der Waals surface area contributed by atoms with E-state index in [9.17, 15) is 14.4 Å². The molecular formula is C21H26O5S2. The molecule has 0 bridgehead atoms. The minimum Gasteiger partial charge on any atom is -0.467 e. The normalized spacial score (nSPS) is 19.0. The summed E-state index contributed by atoms with van der Waals surface area (Å²) in [4.78, 5) is 38.7. The Kier molecular flexibility index (Phi) is 7.92. The number of thioether (sulfide) groups is 2. The first-order valence-corrected chi connectivity index (χ1v) is 11.5. The first-order chi connectivity index (χ1) is 13.3. The van der Waals surface area contributed by atoms with E-state index in [1.807, 2.05) is 12.5 Å². The van der Waals surface area contributed by atoms with Crippen LogP contribution >= 0.6 is 23.5 Å². The second-order valence-corrected chi connectivity index (χ2v) is 8.79. The van der Waals surface area contributed by atoms with Crippen molar-refractivity contribution in [3.63, 3.8) is 0 Å². The first kappa shape index (κ1) is 22.7. The van der Waals surface area contributed by atoms with Crippen molar-refractivity contribution in [2.45, 2.75) is 32.3 Å². The van der Waals surface area contributed by atoms with Gasteiger partial charge in [-0.2, -0.15) is 0 Å². The zero-order valence-corrected chi connectivity index (χ0v) is 18.5. The molecule has 1 aromatic rings. The molecule has 1 atom stereocenters. The lowest BCUT2D eigenvalue weighted by molar-refractivity contribution is -0.160. The van der Waals surface area contributed by atoms with E-state index in [0.29, 0.717) is 34.1 Å². The molecule has 5 nitrogen and oxygen atoms in total. The predicted molar refractivity (Wildman–Crippen MR) is 114 cm³/mol. The van der Waals surface area contributed by atoms with Gasteiger partial charge in [-0.3, -0.25) is 9.59 Å². The van der Waals surface area contributed by atoms with Gasteiger partial charge in [0.05, 0.1) is 16.9 Å². The number of fused-ring (bicyclic) bond motifs is 1. The van der Waals surface area contributed by atoms with Gasteiger partial charge in [-0.05, 0) is 31.3 Å². The molecule has 7 heteroatoms. The molecular weight excluding hydrogens is 396 g/mol. The Morgan fingerprint density at radius 3 is 2.36 bits per heavy atom. The average Bonchev–Trinajstić information content (AvgIpc) is 2.70. The Morgan fingerprint density at radius 1 is 1.14 bits per heavy atom. The number of hydrogen-bond donors (Lipinski definition) is 0. The number of Topliss-reactive ketones (excluding diaryl/α,β-unsaturated/α-hetero) is 2. The van der Waals surface area contributed by atoms with Crippen LogP contribution in [0.3, 0.4) is 0 Å². The molecule has 1 unspecified atom stereocenters. The van der Waals surface area contributed by atoms with Gasteiger partial charge < -0.3 is 9.47 Å². The van der Waals surface area contributed by atoms with Crippen LogP contribution in [0.15, 0.2) is 34.1 Å². The molecule has 0 fully saturated rings. The van der Waals surface area contributed by atoms with Crippen molar-refractivity contribution in [3.05, 3.63) is 45.2 Å². The van der Waals surface area contributed by atoms with Gasteiger partial charge in [-0.15, -0.1) is 23.5 Å². The highest BCUT2D eigenvalue weighted by Gasteiger charge is 2.51. The number of benzene rings is 1. The van der Waals surface area contributed by atoms with Gasteiger partial charge in [-0.25, -0.2) is 4.79 Å². The fourth-order valence-corrected chi connectivity index (χ4v) is 4.71. The van der Waals surface area contributed by atoms with Crippen molar-refractivity contribution in [1.82, 2.24) is 0 Å². The molecule has 152 valence electrons. The second-order valence-electron chi connectivity index (χ2n) is 6.90. The van der Waals surface area contributed by atoms with Gasteiger partial charge >= 0.3 is 5.97 Å². The number of carbonyl (C=O) groups is 3. The Hall–Kier alpha value is -1.57. The van der Waals surface area contributed by atoms with E-state index >= 15 is 0 Å². The molecule has 0 heterocycles. The topological polar surface area (TPSA) is 69.7 Å². The minimum absolute atomic E-state index is 0.146. The van der Waals surface area contributed by atoms with Crippen LogP contribution in [0.1, 0.15) is 42.6 Å². The fourth-order valence-electron chi connectivity index (χ4n) is 3.26. The van der Waals surface area contributed by atoms with Crippen LogP contribution in [0.5, 0.6) is 0 Å². The molecule has 0 amide bonds. The summed E-state index contributed by atoms with van der Waals surface area (Å²) in [5, 5.41) is 0. The molecule has 0 spiro atoms. The van der Waals surface area contributed by atoms with Crippen molar-refractivity contribution in [2.75, 3.05) is 26.2 Å². The standard InChI is InChI=1S/C21H26O5S2/c1-13(2)10-11-21(26-12-16(22)25-3)15-9-7-6-8-14(15)18(23)17(19(21)24)20(27-4)28-5/h6-9,13H,10-12H2,1-5H3. The summed E-state index contributed by atoms with van der Waals surface area (Å²) in [6, 6.07) is 7.02. The SMILES string of the molecule is COC(=O)COC1(CCC(C)C)C(=O)C(=C(SC)SC)C(=O)c2ccccc21. The fraction of sp³-hybridized carbons (Fsp3) is 0.476. The van der Waals surface area contributed by atoms with Crippen molar-refractivity contribution >= 4 is 41.1 Å². The lowest BCUT2D eigenvalue weighted by atomic mass is 9.72. The monoisotopic (exact) mass is 422 g/mol. The van der Waals surface area contributed by atoms with E-state index in [1.165, 1.54) is 30.6 Å². The van der Waals surface area contributed by atoms with Crippen LogP contribution < -0.4 is 0 Å². The molecule has 0 radical (unpaired) electrons. The van der Waals surface area contributed by atoms with Gasteiger partial charge in [-0.1, -0.05) is 38.1 Å². The van der Waals surface area contributed by atoms with Gasteiger partial charge in [0.25, 0.3) is 0 Å². The van der Waals surface area contributed by atoms with Gasteiger partial charge in [0.1, 0.15) is 6.61 Å². The van der Waals surface area contributed by atoms with Crippen LogP contribution in [-0.2, 0) is 24.7 Å². The van der Waals surface area contributed by atoms with Crippen molar-refractivity contribution in [2.24, 2.45) is 5.92 Å². The van der Waals surface area contributed by atoms with E-state index in [2.05, 4.69) is 13.8 Å². The summed E-state index contributed by atoms with van der Waals surface area (Å²) < 4.78 is 11.4. The maximum absolute atomic E-state index is 13.7. The van der Waals surface area contributed by atoms with E-state index in [4.69, 9.17) is 9.47 Å². The Balaban J connectivity index is 2.72.